The molecule has 1 aromatic carbocycles. The van der Waals surface area contributed by atoms with Gasteiger partial charge in [-0.1, -0.05) is 37.3 Å². The average Bonchev–Trinajstić information content (AvgIpc) is 2.51. The van der Waals surface area contributed by atoms with Crippen molar-refractivity contribution in [1.82, 2.24) is 5.32 Å². The molecule has 0 spiro atoms. The maximum atomic E-state index is 5.35. The second kappa shape index (κ2) is 13.2. The molecule has 1 rings (SSSR count). The molecule has 0 saturated heterocycles. The Kier molecular flexibility index (Phi) is 14.3. The Morgan fingerprint density at radius 3 is 1.86 bits per heavy atom. The first-order chi connectivity index (χ1) is 9.60. The predicted molar refractivity (Wildman–Crippen MR) is 91.5 cm³/mol. The molecule has 124 valence electrons. The van der Waals surface area contributed by atoms with Gasteiger partial charge in [-0.25, -0.2) is 0 Å². The van der Waals surface area contributed by atoms with Crippen LogP contribution in [0, 0.1) is 0 Å². The molecule has 1 atom stereocenters. The zero-order valence-corrected chi connectivity index (χ0v) is 15.4. The number of hydrogen-bond donors (Lipinski definition) is 2. The summed E-state index contributed by atoms with van der Waals surface area (Å²) in [5, 5.41) is 3.23. The summed E-state index contributed by atoms with van der Waals surface area (Å²) < 4.78 is 15.8. The monoisotopic (exact) mass is 336 g/mol. The minimum absolute atomic E-state index is 0. The van der Waals surface area contributed by atoms with Gasteiger partial charge < -0.3 is 24.3 Å². The molecule has 3 N–H and O–H groups in total. The second-order valence-electron chi connectivity index (χ2n) is 4.19. The van der Waals surface area contributed by atoms with Gasteiger partial charge in [0.25, 0.3) is 0 Å². The first-order valence-corrected chi connectivity index (χ1v) is 8.53. The third-order valence-electron chi connectivity index (χ3n) is 2.97. The van der Waals surface area contributed by atoms with Gasteiger partial charge in [0.2, 0.25) is 0 Å². The summed E-state index contributed by atoms with van der Waals surface area (Å²) in [4.78, 5) is 0. The van der Waals surface area contributed by atoms with Gasteiger partial charge in [-0.3, -0.25) is 0 Å². The van der Waals surface area contributed by atoms with E-state index in [-0.39, 0.29) is 18.1 Å². The van der Waals surface area contributed by atoms with E-state index in [2.05, 4.69) is 5.32 Å². The molecule has 0 aliphatic heterocycles. The molecule has 0 amide bonds. The first-order valence-electron chi connectivity index (χ1n) is 6.72. The van der Waals surface area contributed by atoms with Crippen molar-refractivity contribution in [2.45, 2.75) is 26.1 Å². The van der Waals surface area contributed by atoms with Crippen LogP contribution in [0.15, 0.2) is 30.3 Å². The average molecular weight is 337 g/mol. The lowest BCUT2D eigenvalue weighted by Gasteiger charge is -2.30. The number of nitrogens with two attached hydrogens (primary N) is 1. The predicted octanol–water partition coefficient (Wildman–Crippen LogP) is 1.97. The van der Waals surface area contributed by atoms with E-state index in [1.807, 2.05) is 44.2 Å². The van der Waals surface area contributed by atoms with Crippen LogP contribution in [0.25, 0.3) is 0 Å². The van der Waals surface area contributed by atoms with E-state index >= 15 is 0 Å². The van der Waals surface area contributed by atoms with Crippen molar-refractivity contribution < 1.29 is 13.3 Å². The highest BCUT2D eigenvalue weighted by Crippen LogP contribution is 2.10. The molecule has 0 aliphatic carbocycles. The zero-order valence-electron chi connectivity index (χ0n) is 13.6. The lowest BCUT2D eigenvalue weighted by Crippen LogP contribution is -2.58. The van der Waals surface area contributed by atoms with E-state index in [0.717, 1.165) is 6.54 Å². The van der Waals surface area contributed by atoms with Gasteiger partial charge in [-0.05, 0) is 19.0 Å². The lowest BCUT2D eigenvalue weighted by molar-refractivity contribution is 0.110. The summed E-state index contributed by atoms with van der Waals surface area (Å²) in [5.74, 6) is 0. The SMILES string of the molecule is CCNC(C)[Si](OC)(OC)OC.Cl.NCc1ccccc1. The van der Waals surface area contributed by atoms with Crippen molar-refractivity contribution in [2.24, 2.45) is 5.73 Å². The van der Waals surface area contributed by atoms with E-state index in [1.54, 1.807) is 21.3 Å². The van der Waals surface area contributed by atoms with Crippen LogP contribution in [-0.2, 0) is 19.8 Å². The number of nitrogens with one attached hydrogen (secondary N) is 1. The molecule has 0 radical (unpaired) electrons. The van der Waals surface area contributed by atoms with E-state index in [4.69, 9.17) is 19.0 Å². The van der Waals surface area contributed by atoms with Crippen LogP contribution in [0.3, 0.4) is 0 Å². The largest absolute Gasteiger partial charge is 0.517 e. The molecule has 0 fully saturated rings. The fourth-order valence-electron chi connectivity index (χ4n) is 1.83. The topological polar surface area (TPSA) is 65.7 Å². The molecule has 0 aromatic heterocycles. The molecule has 1 unspecified atom stereocenters. The van der Waals surface area contributed by atoms with E-state index in [1.165, 1.54) is 5.56 Å². The summed E-state index contributed by atoms with van der Waals surface area (Å²) >= 11 is 0. The van der Waals surface area contributed by atoms with Gasteiger partial charge in [-0.2, -0.15) is 0 Å². The van der Waals surface area contributed by atoms with Crippen molar-refractivity contribution >= 4 is 21.2 Å². The van der Waals surface area contributed by atoms with E-state index in [0.29, 0.717) is 6.54 Å². The molecule has 0 aliphatic rings. The fourth-order valence-corrected chi connectivity index (χ4v) is 3.84. The minimum atomic E-state index is -2.45. The second-order valence-corrected chi connectivity index (χ2v) is 7.48. The molecule has 21 heavy (non-hydrogen) atoms. The summed E-state index contributed by atoms with van der Waals surface area (Å²) in [6.07, 6.45) is 0. The van der Waals surface area contributed by atoms with Crippen molar-refractivity contribution in [3.05, 3.63) is 35.9 Å². The number of halogens is 1. The van der Waals surface area contributed by atoms with Crippen molar-refractivity contribution in [3.8, 4) is 0 Å². The molecular formula is C14H29ClN2O3Si. The van der Waals surface area contributed by atoms with Gasteiger partial charge in [0, 0.05) is 27.9 Å². The highest BCUT2D eigenvalue weighted by molar-refractivity contribution is 6.62. The van der Waals surface area contributed by atoms with Crippen LogP contribution >= 0.6 is 12.4 Å². The van der Waals surface area contributed by atoms with Crippen LogP contribution in [-0.4, -0.2) is 42.3 Å². The van der Waals surface area contributed by atoms with Crippen LogP contribution in [0.2, 0.25) is 0 Å². The highest BCUT2D eigenvalue weighted by atomic mass is 35.5. The van der Waals surface area contributed by atoms with Gasteiger partial charge in [0.05, 0.1) is 5.67 Å². The van der Waals surface area contributed by atoms with Gasteiger partial charge >= 0.3 is 8.80 Å². The number of rotatable bonds is 7. The minimum Gasteiger partial charge on any atom is -0.376 e. The maximum Gasteiger partial charge on any atom is 0.517 e. The quantitative estimate of drug-likeness (QED) is 0.745. The summed E-state index contributed by atoms with van der Waals surface area (Å²) in [5.41, 5.74) is 6.66. The Bertz CT molecular complexity index is 332. The van der Waals surface area contributed by atoms with Crippen LogP contribution in [0.4, 0.5) is 0 Å². The maximum absolute atomic E-state index is 5.35. The Labute approximate surface area is 135 Å². The van der Waals surface area contributed by atoms with Crippen molar-refractivity contribution in [2.75, 3.05) is 27.9 Å². The van der Waals surface area contributed by atoms with E-state index in [9.17, 15) is 0 Å². The molecule has 0 saturated carbocycles. The molecule has 1 aromatic rings. The van der Waals surface area contributed by atoms with Crippen molar-refractivity contribution in [1.29, 1.82) is 0 Å². The zero-order chi connectivity index (χ0) is 15.4. The molecule has 7 heteroatoms. The van der Waals surface area contributed by atoms with Crippen LogP contribution in [0.1, 0.15) is 19.4 Å². The molecule has 0 bridgehead atoms. The number of benzene rings is 1. The normalized spacial score (nSPS) is 11.9. The van der Waals surface area contributed by atoms with Crippen molar-refractivity contribution in [3.63, 3.8) is 0 Å². The summed E-state index contributed by atoms with van der Waals surface area (Å²) in [6, 6.07) is 9.99. The first kappa shape index (κ1) is 22.8. The van der Waals surface area contributed by atoms with Gasteiger partial charge in [0.1, 0.15) is 0 Å². The molecule has 5 nitrogen and oxygen atoms in total. The highest BCUT2D eigenvalue weighted by Gasteiger charge is 2.44. The lowest BCUT2D eigenvalue weighted by atomic mass is 10.2. The van der Waals surface area contributed by atoms with E-state index < -0.39 is 8.80 Å². The fraction of sp³-hybridized carbons (Fsp3) is 0.571. The Balaban J connectivity index is 0. The van der Waals surface area contributed by atoms with Crippen LogP contribution in [0.5, 0.6) is 0 Å². The Morgan fingerprint density at radius 2 is 1.57 bits per heavy atom. The van der Waals surface area contributed by atoms with Gasteiger partial charge in [0.15, 0.2) is 0 Å². The summed E-state index contributed by atoms with van der Waals surface area (Å²) in [6.45, 7) is 5.57. The Morgan fingerprint density at radius 1 is 1.10 bits per heavy atom. The Hall–Kier alpha value is -0.473. The third kappa shape index (κ3) is 7.92. The molecule has 0 heterocycles. The molecular weight excluding hydrogens is 308 g/mol. The smallest absolute Gasteiger partial charge is 0.376 e. The van der Waals surface area contributed by atoms with Crippen LogP contribution < -0.4 is 11.1 Å². The number of hydrogen-bond acceptors (Lipinski definition) is 5. The third-order valence-corrected chi connectivity index (χ3v) is 5.94. The van der Waals surface area contributed by atoms with Gasteiger partial charge in [-0.15, -0.1) is 12.4 Å². The standard InChI is InChI=1S/C7H19NO3Si.C7H9N.ClH/c1-6-8-7(2)12(9-3,10-4)11-5;8-6-7-4-2-1-3-5-7;/h7-8H,6H2,1-5H3;1-5H,6,8H2;1H. The summed E-state index contributed by atoms with van der Waals surface area (Å²) in [7, 11) is 2.40.